The molecule has 0 aliphatic heterocycles. The van der Waals surface area contributed by atoms with Gasteiger partial charge in [-0.2, -0.15) is 0 Å². The Kier molecular flexibility index (Phi) is 6.79. The highest BCUT2D eigenvalue weighted by molar-refractivity contribution is 6.04. The molecule has 0 aromatic heterocycles. The highest BCUT2D eigenvalue weighted by Crippen LogP contribution is 2.51. The Morgan fingerprint density at radius 3 is 1.30 bits per heavy atom. The van der Waals surface area contributed by atoms with E-state index in [1.165, 1.54) is 27.9 Å². The van der Waals surface area contributed by atoms with Gasteiger partial charge in [-0.1, -0.05) is 44.0 Å². The molecule has 0 atom stereocenters. The first-order valence-electron chi connectivity index (χ1n) is 8.84. The third kappa shape index (κ3) is 4.57. The van der Waals surface area contributed by atoms with Gasteiger partial charge < -0.3 is 18.9 Å². The molecule has 0 saturated heterocycles. The van der Waals surface area contributed by atoms with Crippen molar-refractivity contribution in [1.29, 1.82) is 0 Å². The highest BCUT2D eigenvalue weighted by atomic mass is 16.6. The van der Waals surface area contributed by atoms with E-state index in [0.29, 0.717) is 10.8 Å². The maximum absolute atomic E-state index is 12.3. The first-order chi connectivity index (χ1) is 14.1. The van der Waals surface area contributed by atoms with Gasteiger partial charge in [0.2, 0.25) is 11.5 Å². The smallest absolute Gasteiger partial charge is 0.338 e. The summed E-state index contributed by atoms with van der Waals surface area (Å²) in [5, 5.41) is 0.741. The molecule has 7 nitrogen and oxygen atoms in total. The number of hydrogen-bond acceptors (Lipinski definition) is 7. The van der Waals surface area contributed by atoms with E-state index >= 15 is 0 Å². The first kappa shape index (κ1) is 22.4. The fourth-order valence-electron chi connectivity index (χ4n) is 2.35. The van der Waals surface area contributed by atoms with Crippen LogP contribution >= 0.6 is 0 Å². The van der Waals surface area contributed by atoms with Gasteiger partial charge in [-0.3, -0.25) is 0 Å². The number of carbonyl (C=O) groups is 3. The molecule has 0 bridgehead atoms. The Bertz CT molecular complexity index is 1090. The van der Waals surface area contributed by atoms with Crippen LogP contribution in [0.1, 0.15) is 20.8 Å². The quantitative estimate of drug-likeness (QED) is 0.382. The van der Waals surface area contributed by atoms with E-state index < -0.39 is 17.9 Å². The molecule has 0 N–H and O–H groups in total. The van der Waals surface area contributed by atoms with Gasteiger partial charge in [-0.25, -0.2) is 14.4 Å². The number of rotatable bonds is 7. The van der Waals surface area contributed by atoms with Crippen LogP contribution in [0.4, 0.5) is 0 Å². The molecule has 30 heavy (non-hydrogen) atoms. The number of ether oxygens (including phenoxy) is 4. The zero-order valence-corrected chi connectivity index (χ0v) is 17.3. The molecule has 7 heteroatoms. The summed E-state index contributed by atoms with van der Waals surface area (Å²) in [5.74, 6) is -2.66. The van der Waals surface area contributed by atoms with E-state index in [1.54, 1.807) is 24.3 Å². The number of hydrogen-bond donors (Lipinski definition) is 0. The van der Waals surface area contributed by atoms with Crippen LogP contribution in [-0.2, 0) is 14.4 Å². The van der Waals surface area contributed by atoms with Gasteiger partial charge in [0.15, 0.2) is 11.5 Å². The van der Waals surface area contributed by atoms with Gasteiger partial charge in [0.1, 0.15) is 0 Å². The Hall–Kier alpha value is -3.87. The molecule has 2 aromatic rings. The van der Waals surface area contributed by atoms with E-state index in [0.717, 1.165) is 0 Å². The van der Waals surface area contributed by atoms with Gasteiger partial charge in [0.05, 0.1) is 7.11 Å². The van der Waals surface area contributed by atoms with Gasteiger partial charge in [0, 0.05) is 27.5 Å². The zero-order valence-electron chi connectivity index (χ0n) is 17.3. The lowest BCUT2D eigenvalue weighted by Crippen LogP contribution is -2.15. The zero-order chi connectivity index (χ0) is 22.6. The predicted octanol–water partition coefficient (Wildman–Crippen LogP) is 4.29. The van der Waals surface area contributed by atoms with E-state index in [4.69, 9.17) is 18.9 Å². The summed E-state index contributed by atoms with van der Waals surface area (Å²) in [6.45, 7) is 15.1. The van der Waals surface area contributed by atoms with Crippen molar-refractivity contribution in [2.45, 2.75) is 20.8 Å². The fraction of sp³-hybridized carbons (Fsp3) is 0.174. The van der Waals surface area contributed by atoms with Crippen molar-refractivity contribution in [3.63, 3.8) is 0 Å². The molecule has 0 spiro atoms. The van der Waals surface area contributed by atoms with Crippen molar-refractivity contribution in [2.75, 3.05) is 7.11 Å². The predicted molar refractivity (Wildman–Crippen MR) is 112 cm³/mol. The molecule has 0 fully saturated rings. The van der Waals surface area contributed by atoms with Gasteiger partial charge >= 0.3 is 17.9 Å². The Morgan fingerprint density at radius 2 is 0.967 bits per heavy atom. The molecule has 0 heterocycles. The molecule has 0 radical (unpaired) electrons. The molecule has 0 amide bonds. The summed E-state index contributed by atoms with van der Waals surface area (Å²) in [4.78, 5) is 36.8. The molecule has 0 aliphatic carbocycles. The summed E-state index contributed by atoms with van der Waals surface area (Å²) < 4.78 is 21.8. The average Bonchev–Trinajstić information content (AvgIpc) is 2.69. The van der Waals surface area contributed by atoms with Gasteiger partial charge in [-0.15, -0.1) is 0 Å². The second-order valence-corrected chi connectivity index (χ2v) is 6.58. The van der Waals surface area contributed by atoms with Crippen LogP contribution < -0.4 is 18.9 Å². The standard InChI is InChI=1S/C23H22O7/c1-12(2)21(24)28-17-15-10-8-9-11-16(15)18(29-22(25)13(3)4)20(19(17)27-7)30-23(26)14(5)6/h8-11H,1,3,5H2,2,4,6-7H3. The highest BCUT2D eigenvalue weighted by Gasteiger charge is 2.29. The Morgan fingerprint density at radius 1 is 0.633 bits per heavy atom. The summed E-state index contributed by atoms with van der Waals surface area (Å²) in [5.41, 5.74) is 0.385. The van der Waals surface area contributed by atoms with Gasteiger partial charge in [-0.05, 0) is 20.8 Å². The molecule has 156 valence electrons. The Balaban J connectivity index is 2.90. The van der Waals surface area contributed by atoms with Crippen molar-refractivity contribution >= 4 is 28.7 Å². The van der Waals surface area contributed by atoms with Crippen molar-refractivity contribution in [1.82, 2.24) is 0 Å². The lowest BCUT2D eigenvalue weighted by atomic mass is 10.1. The number of benzene rings is 2. The molecule has 0 unspecified atom stereocenters. The molecule has 0 aliphatic rings. The van der Waals surface area contributed by atoms with Crippen LogP contribution in [0, 0.1) is 0 Å². The minimum atomic E-state index is -0.784. The van der Waals surface area contributed by atoms with Crippen LogP contribution in [0.5, 0.6) is 23.0 Å². The summed E-state index contributed by atoms with van der Waals surface area (Å²) in [6.07, 6.45) is 0. The Labute approximate surface area is 174 Å². The van der Waals surface area contributed by atoms with Crippen molar-refractivity contribution in [3.05, 3.63) is 60.7 Å². The topological polar surface area (TPSA) is 88.1 Å². The SMILES string of the molecule is C=C(C)C(=O)Oc1c(OC)c(OC(=O)C(=C)C)c2ccccc2c1OC(=O)C(=C)C. The van der Waals surface area contributed by atoms with Crippen molar-refractivity contribution < 1.29 is 33.3 Å². The maximum atomic E-state index is 12.3. The summed E-state index contributed by atoms with van der Waals surface area (Å²) in [6, 6.07) is 6.64. The number of carbonyl (C=O) groups excluding carboxylic acids is 3. The van der Waals surface area contributed by atoms with E-state index in [-0.39, 0.29) is 39.7 Å². The fourth-order valence-corrected chi connectivity index (χ4v) is 2.35. The number of methoxy groups -OCH3 is 1. The van der Waals surface area contributed by atoms with Crippen LogP contribution in [0.25, 0.3) is 10.8 Å². The van der Waals surface area contributed by atoms with Crippen LogP contribution in [-0.4, -0.2) is 25.0 Å². The van der Waals surface area contributed by atoms with Crippen molar-refractivity contribution in [2.24, 2.45) is 0 Å². The second-order valence-electron chi connectivity index (χ2n) is 6.58. The van der Waals surface area contributed by atoms with Gasteiger partial charge in [0.25, 0.3) is 0 Å². The molecule has 2 aromatic carbocycles. The average molecular weight is 410 g/mol. The first-order valence-corrected chi connectivity index (χ1v) is 8.84. The monoisotopic (exact) mass is 410 g/mol. The maximum Gasteiger partial charge on any atom is 0.338 e. The normalized spacial score (nSPS) is 10.1. The lowest BCUT2D eigenvalue weighted by Gasteiger charge is -2.20. The molecular formula is C23H22O7. The molecular weight excluding hydrogens is 388 g/mol. The van der Waals surface area contributed by atoms with Crippen molar-refractivity contribution in [3.8, 4) is 23.0 Å². The third-order valence-corrected chi connectivity index (χ3v) is 3.87. The van der Waals surface area contributed by atoms with E-state index in [1.807, 2.05) is 0 Å². The van der Waals surface area contributed by atoms with Crippen LogP contribution in [0.15, 0.2) is 60.7 Å². The number of fused-ring (bicyclic) bond motifs is 1. The summed E-state index contributed by atoms with van der Waals surface area (Å²) in [7, 11) is 1.30. The third-order valence-electron chi connectivity index (χ3n) is 3.87. The van der Waals surface area contributed by atoms with Crippen LogP contribution in [0.2, 0.25) is 0 Å². The second kappa shape index (κ2) is 9.09. The molecule has 0 saturated carbocycles. The van der Waals surface area contributed by atoms with E-state index in [2.05, 4.69) is 19.7 Å². The summed E-state index contributed by atoms with van der Waals surface area (Å²) >= 11 is 0. The lowest BCUT2D eigenvalue weighted by molar-refractivity contribution is -0.132. The minimum absolute atomic E-state index is 0.0132. The largest absolute Gasteiger partial charge is 0.490 e. The van der Waals surface area contributed by atoms with Crippen LogP contribution in [0.3, 0.4) is 0 Å². The number of esters is 3. The minimum Gasteiger partial charge on any atom is -0.490 e. The van der Waals surface area contributed by atoms with E-state index in [9.17, 15) is 14.4 Å². The molecule has 2 rings (SSSR count).